The molecule has 0 amide bonds. The van der Waals surface area contributed by atoms with E-state index in [0.29, 0.717) is 18.3 Å². The van der Waals surface area contributed by atoms with Crippen molar-refractivity contribution in [1.29, 1.82) is 0 Å². The number of aliphatic hydroxyl groups is 3. The zero-order chi connectivity index (χ0) is 24.4. The molecule has 4 fully saturated rings. The molecule has 0 heterocycles. The Kier molecular flexibility index (Phi) is 5.07. The van der Waals surface area contributed by atoms with Gasteiger partial charge >= 0.3 is 0 Å². The third-order valence-corrected chi connectivity index (χ3v) is 12.9. The summed E-state index contributed by atoms with van der Waals surface area (Å²) in [7, 11) is 0. The fourth-order valence-electron chi connectivity index (χ4n) is 10.8. The Bertz CT molecular complexity index is 859. The van der Waals surface area contributed by atoms with Crippen LogP contribution in [0.25, 0.3) is 0 Å². The van der Waals surface area contributed by atoms with E-state index in [1.54, 1.807) is 5.57 Å². The summed E-state index contributed by atoms with van der Waals surface area (Å²) in [6.45, 7) is 19.0. The Morgan fingerprint density at radius 1 is 0.758 bits per heavy atom. The Balaban J connectivity index is 1.61. The number of rotatable bonds is 0. The topological polar surface area (TPSA) is 60.7 Å². The summed E-state index contributed by atoms with van der Waals surface area (Å²) < 4.78 is 0. The lowest BCUT2D eigenvalue weighted by molar-refractivity contribution is -0.274. The molecule has 0 aromatic carbocycles. The van der Waals surface area contributed by atoms with Gasteiger partial charge in [-0.1, -0.05) is 67.0 Å². The van der Waals surface area contributed by atoms with E-state index < -0.39 is 12.2 Å². The van der Waals surface area contributed by atoms with Crippen molar-refractivity contribution in [2.45, 2.75) is 125 Å². The zero-order valence-corrected chi connectivity index (χ0v) is 22.5. The van der Waals surface area contributed by atoms with Crippen molar-refractivity contribution in [3.8, 4) is 0 Å². The van der Waals surface area contributed by atoms with Gasteiger partial charge in [-0.25, -0.2) is 0 Å². The first-order chi connectivity index (χ1) is 15.0. The molecule has 4 saturated carbocycles. The standard InChI is InChI=1S/C30H50O3/c1-25(2)11-12-27(5)13-14-29(7)18(19(27)16-25)15-20(31)23-28(6)17-21(32)24(33)26(3,4)22(28)9-10-30(23,29)8/h16,18,20-24,31-33H,9-15,17H2,1-8H3/t18-,20-,21-,22+,23-,24+,27-,28+,29-,30-/m1/s1. The lowest BCUT2D eigenvalue weighted by Crippen LogP contribution is -2.70. The van der Waals surface area contributed by atoms with E-state index in [4.69, 9.17) is 0 Å². The number of hydrogen-bond acceptors (Lipinski definition) is 3. The third-order valence-electron chi connectivity index (χ3n) is 12.9. The van der Waals surface area contributed by atoms with E-state index in [9.17, 15) is 15.3 Å². The fourth-order valence-corrected chi connectivity index (χ4v) is 10.8. The molecule has 188 valence electrons. The maximum atomic E-state index is 12.0. The predicted octanol–water partition coefficient (Wildman–Crippen LogP) is 6.11. The molecule has 0 aliphatic heterocycles. The van der Waals surface area contributed by atoms with Crippen molar-refractivity contribution in [2.24, 2.45) is 50.2 Å². The van der Waals surface area contributed by atoms with E-state index in [2.05, 4.69) is 61.5 Å². The molecule has 0 bridgehead atoms. The molecular weight excluding hydrogens is 408 g/mol. The van der Waals surface area contributed by atoms with E-state index in [1.165, 1.54) is 25.7 Å². The minimum absolute atomic E-state index is 0.0302. The highest BCUT2D eigenvalue weighted by Crippen LogP contribution is 2.76. The van der Waals surface area contributed by atoms with Gasteiger partial charge < -0.3 is 15.3 Å². The van der Waals surface area contributed by atoms with Gasteiger partial charge in [-0.15, -0.1) is 0 Å². The van der Waals surface area contributed by atoms with Gasteiger partial charge in [0.25, 0.3) is 0 Å². The molecule has 5 aliphatic carbocycles. The third kappa shape index (κ3) is 2.97. The van der Waals surface area contributed by atoms with Gasteiger partial charge in [-0.3, -0.25) is 0 Å². The molecule has 0 radical (unpaired) electrons. The molecule has 0 unspecified atom stereocenters. The molecule has 0 aromatic heterocycles. The summed E-state index contributed by atoms with van der Waals surface area (Å²) in [6.07, 6.45) is 9.54. The molecule has 3 heteroatoms. The van der Waals surface area contributed by atoms with Crippen molar-refractivity contribution in [2.75, 3.05) is 0 Å². The van der Waals surface area contributed by atoms with Crippen molar-refractivity contribution < 1.29 is 15.3 Å². The van der Waals surface area contributed by atoms with E-state index >= 15 is 0 Å². The van der Waals surface area contributed by atoms with Crippen molar-refractivity contribution in [3.63, 3.8) is 0 Å². The second-order valence-electron chi connectivity index (χ2n) is 15.5. The van der Waals surface area contributed by atoms with Crippen LogP contribution in [0.5, 0.6) is 0 Å². The van der Waals surface area contributed by atoms with Gasteiger partial charge in [-0.2, -0.15) is 0 Å². The van der Waals surface area contributed by atoms with Crippen LogP contribution in [0.3, 0.4) is 0 Å². The SMILES string of the molecule is CC1(C)C=C2[C@H]3C[C@@H](O)[C@@H]4[C@@]5(C)C[C@@H](O)[C@H](O)C(C)(C)[C@@H]5CC[C@@]4(C)[C@]3(C)CC[C@@]2(C)CC1. The Hall–Kier alpha value is -0.380. The summed E-state index contributed by atoms with van der Waals surface area (Å²) in [4.78, 5) is 0. The molecule has 5 rings (SSSR count). The van der Waals surface area contributed by atoms with Crippen molar-refractivity contribution in [1.82, 2.24) is 0 Å². The molecule has 10 atom stereocenters. The largest absolute Gasteiger partial charge is 0.393 e. The highest BCUT2D eigenvalue weighted by molar-refractivity contribution is 5.32. The molecule has 0 saturated heterocycles. The molecule has 33 heavy (non-hydrogen) atoms. The van der Waals surface area contributed by atoms with Crippen LogP contribution >= 0.6 is 0 Å². The molecular formula is C30H50O3. The second kappa shape index (κ2) is 6.88. The first-order valence-electron chi connectivity index (χ1n) is 13.8. The monoisotopic (exact) mass is 458 g/mol. The minimum atomic E-state index is -0.710. The van der Waals surface area contributed by atoms with Gasteiger partial charge in [0.2, 0.25) is 0 Å². The number of allylic oxidation sites excluding steroid dienone is 2. The van der Waals surface area contributed by atoms with Crippen LogP contribution in [0.1, 0.15) is 107 Å². The lowest BCUT2D eigenvalue weighted by atomic mass is 9.32. The van der Waals surface area contributed by atoms with Crippen molar-refractivity contribution >= 4 is 0 Å². The van der Waals surface area contributed by atoms with Crippen LogP contribution in [0.15, 0.2) is 11.6 Å². The van der Waals surface area contributed by atoms with Gasteiger partial charge in [0.05, 0.1) is 18.3 Å². The maximum Gasteiger partial charge on any atom is 0.0852 e. The average molecular weight is 459 g/mol. The summed E-state index contributed by atoms with van der Waals surface area (Å²) >= 11 is 0. The first-order valence-corrected chi connectivity index (χ1v) is 13.8. The zero-order valence-electron chi connectivity index (χ0n) is 22.5. The maximum absolute atomic E-state index is 12.0. The Morgan fingerprint density at radius 2 is 1.39 bits per heavy atom. The molecule has 3 nitrogen and oxygen atoms in total. The summed E-state index contributed by atoms with van der Waals surface area (Å²) in [5, 5.41) is 33.9. The highest BCUT2D eigenvalue weighted by atomic mass is 16.3. The van der Waals surface area contributed by atoms with E-state index in [0.717, 1.165) is 19.3 Å². The quantitative estimate of drug-likeness (QED) is 0.384. The summed E-state index contributed by atoms with van der Waals surface area (Å²) in [5.74, 6) is 0.922. The first kappa shape index (κ1) is 24.3. The van der Waals surface area contributed by atoms with Crippen LogP contribution in [0.4, 0.5) is 0 Å². The van der Waals surface area contributed by atoms with Crippen LogP contribution in [-0.2, 0) is 0 Å². The minimum Gasteiger partial charge on any atom is -0.393 e. The summed E-state index contributed by atoms with van der Waals surface area (Å²) in [5.41, 5.74) is 1.87. The lowest BCUT2D eigenvalue weighted by Gasteiger charge is -2.73. The Labute approximate surface area is 202 Å². The second-order valence-corrected chi connectivity index (χ2v) is 15.5. The van der Waals surface area contributed by atoms with Gasteiger partial charge in [-0.05, 0) is 102 Å². The molecule has 3 N–H and O–H groups in total. The van der Waals surface area contributed by atoms with Crippen LogP contribution in [0, 0.1) is 50.2 Å². The number of aliphatic hydroxyl groups excluding tert-OH is 3. The number of fused-ring (bicyclic) bond motifs is 7. The fraction of sp³-hybridized carbons (Fsp3) is 0.933. The van der Waals surface area contributed by atoms with Gasteiger partial charge in [0.1, 0.15) is 0 Å². The predicted molar refractivity (Wildman–Crippen MR) is 133 cm³/mol. The van der Waals surface area contributed by atoms with Crippen LogP contribution < -0.4 is 0 Å². The smallest absolute Gasteiger partial charge is 0.0852 e. The van der Waals surface area contributed by atoms with Crippen LogP contribution in [0.2, 0.25) is 0 Å². The summed E-state index contributed by atoms with van der Waals surface area (Å²) in [6, 6.07) is 0. The normalized spacial score (nSPS) is 57.1. The van der Waals surface area contributed by atoms with Gasteiger partial charge in [0.15, 0.2) is 0 Å². The molecule has 0 aromatic rings. The molecule has 5 aliphatic rings. The van der Waals surface area contributed by atoms with E-state index in [-0.39, 0.29) is 44.5 Å². The van der Waals surface area contributed by atoms with Crippen molar-refractivity contribution in [3.05, 3.63) is 11.6 Å². The van der Waals surface area contributed by atoms with E-state index in [1.807, 2.05) is 0 Å². The highest BCUT2D eigenvalue weighted by Gasteiger charge is 2.71. The molecule has 0 spiro atoms. The Morgan fingerprint density at radius 3 is 2.06 bits per heavy atom. The number of hydrogen-bond donors (Lipinski definition) is 3. The van der Waals surface area contributed by atoms with Gasteiger partial charge in [0, 0.05) is 0 Å². The van der Waals surface area contributed by atoms with Crippen LogP contribution in [-0.4, -0.2) is 33.6 Å². The average Bonchev–Trinajstić information content (AvgIpc) is 2.69.